The van der Waals surface area contributed by atoms with E-state index >= 15 is 0 Å². The standard InChI is InChI=1S/C5H12N2S2.C2H2O4/c1-7(2)6-5-3-8-9-4-5;3-1(4)2(5)6/h5-6H,3-4H2,1-2H3;(H,3,4)(H,5,6). The van der Waals surface area contributed by atoms with Crippen LogP contribution in [0.5, 0.6) is 0 Å². The molecule has 0 aliphatic carbocycles. The van der Waals surface area contributed by atoms with Crippen molar-refractivity contribution in [1.82, 2.24) is 10.4 Å². The number of hydrazine groups is 1. The third-order valence-electron chi connectivity index (χ3n) is 1.25. The highest BCUT2D eigenvalue weighted by Crippen LogP contribution is 2.30. The van der Waals surface area contributed by atoms with Crippen molar-refractivity contribution in [2.75, 3.05) is 25.6 Å². The number of carbonyl (C=O) groups is 2. The minimum Gasteiger partial charge on any atom is -0.473 e. The molecule has 0 aromatic carbocycles. The van der Waals surface area contributed by atoms with Gasteiger partial charge in [-0.2, -0.15) is 0 Å². The van der Waals surface area contributed by atoms with Gasteiger partial charge in [-0.25, -0.2) is 9.59 Å². The van der Waals surface area contributed by atoms with Gasteiger partial charge in [-0.15, -0.1) is 0 Å². The molecule has 0 aromatic heterocycles. The maximum Gasteiger partial charge on any atom is 0.414 e. The van der Waals surface area contributed by atoms with E-state index < -0.39 is 11.9 Å². The quantitative estimate of drug-likeness (QED) is 0.360. The fourth-order valence-electron chi connectivity index (χ4n) is 0.748. The van der Waals surface area contributed by atoms with Crippen LogP contribution in [0, 0.1) is 0 Å². The molecule has 1 aliphatic rings. The van der Waals surface area contributed by atoms with Gasteiger partial charge in [-0.3, -0.25) is 10.4 Å². The molecule has 0 spiro atoms. The molecule has 0 saturated carbocycles. The van der Waals surface area contributed by atoms with Gasteiger partial charge in [-0.1, -0.05) is 21.6 Å². The SMILES string of the molecule is CN(C)NC1CSSC1.O=C(O)C(=O)O. The van der Waals surface area contributed by atoms with Crippen molar-refractivity contribution < 1.29 is 19.8 Å². The van der Waals surface area contributed by atoms with Gasteiger partial charge in [0.15, 0.2) is 0 Å². The first-order valence-corrected chi connectivity index (χ1v) is 6.56. The molecule has 1 rings (SSSR count). The van der Waals surface area contributed by atoms with Crippen LogP contribution < -0.4 is 5.43 Å². The molecule has 0 radical (unpaired) electrons. The van der Waals surface area contributed by atoms with E-state index in [1.165, 1.54) is 11.5 Å². The van der Waals surface area contributed by atoms with Crippen LogP contribution in [0.1, 0.15) is 0 Å². The van der Waals surface area contributed by atoms with Gasteiger partial charge in [0.1, 0.15) is 0 Å². The minimum atomic E-state index is -1.82. The molecular weight excluding hydrogens is 240 g/mol. The van der Waals surface area contributed by atoms with Crippen molar-refractivity contribution in [1.29, 1.82) is 0 Å². The normalized spacial score (nSPS) is 15.9. The van der Waals surface area contributed by atoms with Crippen LogP contribution in [0.3, 0.4) is 0 Å². The summed E-state index contributed by atoms with van der Waals surface area (Å²) in [6, 6.07) is 0.690. The summed E-state index contributed by atoms with van der Waals surface area (Å²) in [5.41, 5.74) is 3.33. The second-order valence-corrected chi connectivity index (χ2v) is 5.45. The monoisotopic (exact) mass is 254 g/mol. The Morgan fingerprint density at radius 2 is 1.60 bits per heavy atom. The number of hydrogen-bond acceptors (Lipinski definition) is 6. The second-order valence-electron chi connectivity index (χ2n) is 2.90. The van der Waals surface area contributed by atoms with Gasteiger partial charge < -0.3 is 10.2 Å². The molecular formula is C7H14N2O4S2. The molecule has 15 heavy (non-hydrogen) atoms. The average Bonchev–Trinajstić information content (AvgIpc) is 2.56. The molecule has 88 valence electrons. The van der Waals surface area contributed by atoms with E-state index in [9.17, 15) is 0 Å². The summed E-state index contributed by atoms with van der Waals surface area (Å²) in [5, 5.41) is 16.8. The highest BCUT2D eigenvalue weighted by molar-refractivity contribution is 8.77. The topological polar surface area (TPSA) is 89.9 Å². The summed E-state index contributed by atoms with van der Waals surface area (Å²) < 4.78 is 0. The number of carboxylic acids is 2. The van der Waals surface area contributed by atoms with Crippen LogP contribution in [0.15, 0.2) is 0 Å². The lowest BCUT2D eigenvalue weighted by molar-refractivity contribution is -0.159. The maximum absolute atomic E-state index is 9.10. The highest BCUT2D eigenvalue weighted by Gasteiger charge is 2.15. The van der Waals surface area contributed by atoms with Crippen LogP contribution >= 0.6 is 21.6 Å². The molecule has 0 amide bonds. The number of aliphatic carboxylic acids is 2. The summed E-state index contributed by atoms with van der Waals surface area (Å²) >= 11 is 0. The van der Waals surface area contributed by atoms with E-state index in [1.54, 1.807) is 0 Å². The third-order valence-corrected chi connectivity index (χ3v) is 3.81. The summed E-state index contributed by atoms with van der Waals surface area (Å²) in [4.78, 5) is 18.2. The molecule has 3 N–H and O–H groups in total. The van der Waals surface area contributed by atoms with Crippen molar-refractivity contribution in [2.24, 2.45) is 0 Å². The lowest BCUT2D eigenvalue weighted by Gasteiger charge is -2.16. The lowest BCUT2D eigenvalue weighted by atomic mass is 10.4. The van der Waals surface area contributed by atoms with Crippen molar-refractivity contribution in [3.63, 3.8) is 0 Å². The first-order valence-electron chi connectivity index (χ1n) is 4.07. The van der Waals surface area contributed by atoms with Crippen LogP contribution in [0.4, 0.5) is 0 Å². The van der Waals surface area contributed by atoms with Crippen LogP contribution in [0.2, 0.25) is 0 Å². The number of rotatable bonds is 2. The van der Waals surface area contributed by atoms with Gasteiger partial charge in [-0.05, 0) is 0 Å². The Labute approximate surface area is 95.8 Å². The fraction of sp³-hybridized carbons (Fsp3) is 0.714. The Kier molecular flexibility index (Phi) is 7.57. The molecule has 6 nitrogen and oxygen atoms in total. The smallest absolute Gasteiger partial charge is 0.414 e. The van der Waals surface area contributed by atoms with Crippen LogP contribution in [0.25, 0.3) is 0 Å². The second kappa shape index (κ2) is 7.80. The Bertz CT molecular complexity index is 207. The third kappa shape index (κ3) is 8.55. The Morgan fingerprint density at radius 3 is 1.87 bits per heavy atom. The molecule has 1 saturated heterocycles. The van der Waals surface area contributed by atoms with Gasteiger partial charge >= 0.3 is 11.9 Å². The van der Waals surface area contributed by atoms with Gasteiger partial charge in [0.25, 0.3) is 0 Å². The number of hydrogen-bond donors (Lipinski definition) is 3. The predicted molar refractivity (Wildman–Crippen MR) is 60.8 cm³/mol. The average molecular weight is 254 g/mol. The molecule has 0 atom stereocenters. The van der Waals surface area contributed by atoms with E-state index in [-0.39, 0.29) is 0 Å². The van der Waals surface area contributed by atoms with Crippen molar-refractivity contribution in [2.45, 2.75) is 6.04 Å². The van der Waals surface area contributed by atoms with Crippen molar-refractivity contribution in [3.05, 3.63) is 0 Å². The van der Waals surface area contributed by atoms with Crippen LogP contribution in [-0.4, -0.2) is 58.8 Å². The molecule has 1 fully saturated rings. The minimum absolute atomic E-state index is 0.690. The zero-order valence-corrected chi connectivity index (χ0v) is 10.1. The summed E-state index contributed by atoms with van der Waals surface area (Å²) in [6.07, 6.45) is 0. The zero-order chi connectivity index (χ0) is 11.8. The molecule has 0 aromatic rings. The van der Waals surface area contributed by atoms with Crippen molar-refractivity contribution in [3.8, 4) is 0 Å². The lowest BCUT2D eigenvalue weighted by Crippen LogP contribution is -2.40. The molecule has 1 heterocycles. The number of nitrogens with one attached hydrogen (secondary N) is 1. The molecule has 0 bridgehead atoms. The zero-order valence-electron chi connectivity index (χ0n) is 8.47. The Hall–Kier alpha value is -0.440. The molecule has 0 unspecified atom stereocenters. The predicted octanol–water partition coefficient (Wildman–Crippen LogP) is -0.0282. The molecule has 8 heteroatoms. The highest BCUT2D eigenvalue weighted by atomic mass is 33.1. The Morgan fingerprint density at radius 1 is 1.20 bits per heavy atom. The van der Waals surface area contributed by atoms with E-state index in [0.29, 0.717) is 6.04 Å². The summed E-state index contributed by atoms with van der Waals surface area (Å²) in [5.74, 6) is -1.17. The first kappa shape index (κ1) is 14.6. The first-order chi connectivity index (χ1) is 6.93. The maximum atomic E-state index is 9.10. The number of carboxylic acid groups (broad SMARTS) is 2. The van der Waals surface area contributed by atoms with Gasteiger partial charge in [0.2, 0.25) is 0 Å². The van der Waals surface area contributed by atoms with E-state index in [2.05, 4.69) is 5.43 Å². The van der Waals surface area contributed by atoms with E-state index in [0.717, 1.165) is 0 Å². The fourth-order valence-corrected chi connectivity index (χ4v) is 3.37. The summed E-state index contributed by atoms with van der Waals surface area (Å²) in [6.45, 7) is 0. The Balaban J connectivity index is 0.000000288. The largest absolute Gasteiger partial charge is 0.473 e. The van der Waals surface area contributed by atoms with E-state index in [1.807, 2.05) is 40.7 Å². The van der Waals surface area contributed by atoms with Crippen molar-refractivity contribution >= 4 is 33.5 Å². The number of nitrogens with zero attached hydrogens (tertiary/aromatic N) is 1. The van der Waals surface area contributed by atoms with Crippen LogP contribution in [-0.2, 0) is 9.59 Å². The van der Waals surface area contributed by atoms with E-state index in [4.69, 9.17) is 19.8 Å². The van der Waals surface area contributed by atoms with Gasteiger partial charge in [0.05, 0.1) is 0 Å². The van der Waals surface area contributed by atoms with Gasteiger partial charge in [0, 0.05) is 31.6 Å². The molecule has 1 aliphatic heterocycles. The summed E-state index contributed by atoms with van der Waals surface area (Å²) in [7, 11) is 7.97.